The van der Waals surface area contributed by atoms with Crippen LogP contribution in [0.2, 0.25) is 0 Å². The highest BCUT2D eigenvalue weighted by Gasteiger charge is 2.44. The number of esters is 1. The van der Waals surface area contributed by atoms with Gasteiger partial charge in [-0.15, -0.1) is 0 Å². The monoisotopic (exact) mass is 275 g/mol. The van der Waals surface area contributed by atoms with E-state index < -0.39 is 10.3 Å². The molecule has 0 amide bonds. The molecule has 5 heteroatoms. The zero-order valence-corrected chi connectivity index (χ0v) is 12.7. The topological polar surface area (TPSA) is 47.6 Å². The lowest BCUT2D eigenvalue weighted by Gasteiger charge is -2.36. The summed E-state index contributed by atoms with van der Waals surface area (Å²) in [5.41, 5.74) is -0.437. The van der Waals surface area contributed by atoms with Crippen molar-refractivity contribution in [1.82, 2.24) is 4.72 Å². The van der Waals surface area contributed by atoms with Crippen LogP contribution in [0.5, 0.6) is 0 Å². The first-order chi connectivity index (χ1) is 8.40. The van der Waals surface area contributed by atoms with Gasteiger partial charge in [-0.25, -0.2) is 0 Å². The van der Waals surface area contributed by atoms with E-state index in [9.17, 15) is 4.79 Å². The third-order valence-corrected chi connectivity index (χ3v) is 4.01. The Morgan fingerprint density at radius 3 is 2.50 bits per heavy atom. The third-order valence-electron chi connectivity index (χ3n) is 2.69. The molecule has 0 saturated carbocycles. The Morgan fingerprint density at radius 2 is 2.00 bits per heavy atom. The lowest BCUT2D eigenvalue weighted by atomic mass is 9.99. The molecule has 0 aromatic rings. The van der Waals surface area contributed by atoms with Gasteiger partial charge in [-0.2, -0.15) is 0 Å². The van der Waals surface area contributed by atoms with Gasteiger partial charge < -0.3 is 9.47 Å². The van der Waals surface area contributed by atoms with Crippen LogP contribution < -0.4 is 4.72 Å². The highest BCUT2D eigenvalue weighted by molar-refractivity contribution is 7.99. The minimum absolute atomic E-state index is 0.119. The van der Waals surface area contributed by atoms with Crippen molar-refractivity contribution in [1.29, 1.82) is 0 Å². The normalized spacial score (nSPS) is 19.6. The Labute approximate surface area is 114 Å². The van der Waals surface area contributed by atoms with Crippen LogP contribution >= 0.6 is 11.9 Å². The van der Waals surface area contributed by atoms with Crippen LogP contribution in [0.3, 0.4) is 0 Å². The molecule has 1 N–H and O–H groups in total. The molecular weight excluding hydrogens is 250 g/mol. The zero-order chi connectivity index (χ0) is 13.6. The molecular formula is C13H25NO3S. The smallest absolute Gasteiger partial charge is 0.324 e. The lowest BCUT2D eigenvalue weighted by Crippen LogP contribution is -2.46. The van der Waals surface area contributed by atoms with E-state index in [1.807, 2.05) is 20.8 Å². The summed E-state index contributed by atoms with van der Waals surface area (Å²) in [6, 6.07) is 0. The first-order valence-electron chi connectivity index (χ1n) is 6.62. The van der Waals surface area contributed by atoms with E-state index in [1.54, 1.807) is 0 Å². The van der Waals surface area contributed by atoms with E-state index in [0.717, 1.165) is 13.0 Å². The summed E-state index contributed by atoms with van der Waals surface area (Å²) in [7, 11) is 0. The fraction of sp³-hybridized carbons (Fsp3) is 0.923. The summed E-state index contributed by atoms with van der Waals surface area (Å²) in [6.07, 6.45) is 2.47. The SMILES string of the molecule is CCCNSC1(C(=O)OC(C)(C)C)CCOCC1. The van der Waals surface area contributed by atoms with Gasteiger partial charge in [-0.1, -0.05) is 18.9 Å². The Morgan fingerprint density at radius 1 is 1.39 bits per heavy atom. The molecule has 0 aliphatic carbocycles. The van der Waals surface area contributed by atoms with E-state index in [2.05, 4.69) is 11.6 Å². The molecule has 0 aromatic heterocycles. The summed E-state index contributed by atoms with van der Waals surface area (Å²) in [5.74, 6) is -0.119. The van der Waals surface area contributed by atoms with Crippen molar-refractivity contribution in [3.63, 3.8) is 0 Å². The molecule has 1 rings (SSSR count). The summed E-state index contributed by atoms with van der Waals surface area (Å²) < 4.78 is 13.7. The van der Waals surface area contributed by atoms with Crippen molar-refractivity contribution >= 4 is 17.9 Å². The first-order valence-corrected chi connectivity index (χ1v) is 7.43. The van der Waals surface area contributed by atoms with E-state index >= 15 is 0 Å². The second-order valence-electron chi connectivity index (χ2n) is 5.60. The van der Waals surface area contributed by atoms with Crippen molar-refractivity contribution in [2.45, 2.75) is 57.3 Å². The minimum atomic E-state index is -0.485. The van der Waals surface area contributed by atoms with E-state index in [0.29, 0.717) is 26.1 Å². The van der Waals surface area contributed by atoms with Gasteiger partial charge in [0, 0.05) is 19.8 Å². The molecule has 0 radical (unpaired) electrons. The zero-order valence-electron chi connectivity index (χ0n) is 11.9. The molecule has 1 saturated heterocycles. The van der Waals surface area contributed by atoms with Crippen LogP contribution in [-0.4, -0.2) is 36.1 Å². The molecule has 106 valence electrons. The molecule has 1 fully saturated rings. The molecule has 1 heterocycles. The van der Waals surface area contributed by atoms with Crippen molar-refractivity contribution in [2.24, 2.45) is 0 Å². The van der Waals surface area contributed by atoms with Crippen molar-refractivity contribution < 1.29 is 14.3 Å². The average Bonchev–Trinajstić information content (AvgIpc) is 2.28. The number of hydrogen-bond donors (Lipinski definition) is 1. The van der Waals surface area contributed by atoms with Gasteiger partial charge in [-0.05, 0) is 40.0 Å². The van der Waals surface area contributed by atoms with Crippen LogP contribution in [-0.2, 0) is 14.3 Å². The van der Waals surface area contributed by atoms with Crippen molar-refractivity contribution in [2.75, 3.05) is 19.8 Å². The van der Waals surface area contributed by atoms with Crippen LogP contribution in [0.4, 0.5) is 0 Å². The second-order valence-corrected chi connectivity index (χ2v) is 6.88. The molecule has 18 heavy (non-hydrogen) atoms. The molecule has 0 bridgehead atoms. The summed E-state index contributed by atoms with van der Waals surface area (Å²) in [5, 5.41) is 0. The molecule has 0 spiro atoms. The molecule has 1 aliphatic heterocycles. The largest absolute Gasteiger partial charge is 0.459 e. The Bertz CT molecular complexity index is 270. The number of ether oxygens (including phenoxy) is 2. The van der Waals surface area contributed by atoms with E-state index in [1.165, 1.54) is 11.9 Å². The van der Waals surface area contributed by atoms with Crippen molar-refractivity contribution in [3.8, 4) is 0 Å². The Hall–Kier alpha value is -0.260. The molecule has 1 aliphatic rings. The summed E-state index contributed by atoms with van der Waals surface area (Å²) in [4.78, 5) is 12.4. The number of nitrogens with one attached hydrogen (secondary N) is 1. The number of rotatable bonds is 5. The number of carbonyl (C=O) groups is 1. The van der Waals surface area contributed by atoms with Gasteiger partial charge in [0.1, 0.15) is 10.3 Å². The Balaban J connectivity index is 2.66. The third kappa shape index (κ3) is 4.78. The number of carbonyl (C=O) groups excluding carboxylic acids is 1. The van der Waals surface area contributed by atoms with Crippen LogP contribution in [0.15, 0.2) is 0 Å². The van der Waals surface area contributed by atoms with E-state index in [4.69, 9.17) is 9.47 Å². The second kappa shape index (κ2) is 6.78. The van der Waals surface area contributed by atoms with Gasteiger partial charge in [0.05, 0.1) is 0 Å². The summed E-state index contributed by atoms with van der Waals surface area (Å²) >= 11 is 1.51. The maximum Gasteiger partial charge on any atom is 0.324 e. The minimum Gasteiger partial charge on any atom is -0.459 e. The Kier molecular flexibility index (Phi) is 5.95. The molecule has 0 atom stereocenters. The maximum atomic E-state index is 12.4. The molecule has 4 nitrogen and oxygen atoms in total. The highest BCUT2D eigenvalue weighted by atomic mass is 32.2. The fourth-order valence-electron chi connectivity index (χ4n) is 1.71. The lowest BCUT2D eigenvalue weighted by molar-refractivity contribution is -0.160. The van der Waals surface area contributed by atoms with Gasteiger partial charge in [0.2, 0.25) is 0 Å². The summed E-state index contributed by atoms with van der Waals surface area (Å²) in [6.45, 7) is 9.97. The van der Waals surface area contributed by atoms with Crippen LogP contribution in [0, 0.1) is 0 Å². The van der Waals surface area contributed by atoms with Gasteiger partial charge in [0.15, 0.2) is 0 Å². The van der Waals surface area contributed by atoms with Gasteiger partial charge in [0.25, 0.3) is 0 Å². The van der Waals surface area contributed by atoms with Crippen LogP contribution in [0.1, 0.15) is 47.0 Å². The van der Waals surface area contributed by atoms with Gasteiger partial charge >= 0.3 is 5.97 Å². The quantitative estimate of drug-likeness (QED) is 0.474. The first kappa shape index (κ1) is 15.8. The molecule has 0 aromatic carbocycles. The predicted molar refractivity (Wildman–Crippen MR) is 74.5 cm³/mol. The predicted octanol–water partition coefficient (Wildman–Crippen LogP) is 2.53. The highest BCUT2D eigenvalue weighted by Crippen LogP contribution is 2.36. The van der Waals surface area contributed by atoms with Gasteiger partial charge in [-0.3, -0.25) is 9.52 Å². The fourth-order valence-corrected chi connectivity index (χ4v) is 2.79. The van der Waals surface area contributed by atoms with Crippen LogP contribution in [0.25, 0.3) is 0 Å². The average molecular weight is 275 g/mol. The standard InChI is InChI=1S/C13H25NO3S/c1-5-8-14-18-13(6-9-16-10-7-13)11(15)17-12(2,3)4/h14H,5-10H2,1-4H3. The van der Waals surface area contributed by atoms with E-state index in [-0.39, 0.29) is 5.97 Å². The number of hydrogen-bond acceptors (Lipinski definition) is 5. The molecule has 0 unspecified atom stereocenters. The maximum absolute atomic E-state index is 12.4. The van der Waals surface area contributed by atoms with Crippen molar-refractivity contribution in [3.05, 3.63) is 0 Å².